The van der Waals surface area contributed by atoms with Crippen molar-refractivity contribution >= 4 is 12.0 Å². The molecule has 2 rings (SSSR count). The molecule has 2 saturated heterocycles. The molecule has 0 aromatic heterocycles. The third kappa shape index (κ3) is 3.35. The fourth-order valence-electron chi connectivity index (χ4n) is 2.62. The highest BCUT2D eigenvalue weighted by Crippen LogP contribution is 2.12. The van der Waals surface area contributed by atoms with Crippen molar-refractivity contribution in [3.63, 3.8) is 0 Å². The lowest BCUT2D eigenvalue weighted by Crippen LogP contribution is -2.43. The van der Waals surface area contributed by atoms with E-state index in [9.17, 15) is 9.59 Å². The summed E-state index contributed by atoms with van der Waals surface area (Å²) in [6.07, 6.45) is 3.06. The van der Waals surface area contributed by atoms with Crippen LogP contribution in [0.1, 0.15) is 19.3 Å². The first-order valence-corrected chi connectivity index (χ1v) is 6.65. The third-order valence-electron chi connectivity index (χ3n) is 3.59. The summed E-state index contributed by atoms with van der Waals surface area (Å²) in [5.74, 6) is -0.797. The number of urea groups is 1. The first-order chi connectivity index (χ1) is 8.66. The van der Waals surface area contributed by atoms with Gasteiger partial charge in [-0.2, -0.15) is 0 Å². The van der Waals surface area contributed by atoms with Crippen molar-refractivity contribution in [3.05, 3.63) is 0 Å². The van der Waals surface area contributed by atoms with Crippen LogP contribution in [0.3, 0.4) is 0 Å². The van der Waals surface area contributed by atoms with E-state index in [-0.39, 0.29) is 12.6 Å². The fraction of sp³-hybridized carbons (Fsp3) is 0.833. The van der Waals surface area contributed by atoms with Gasteiger partial charge in [-0.3, -0.25) is 9.69 Å². The van der Waals surface area contributed by atoms with Crippen LogP contribution in [-0.2, 0) is 4.79 Å². The molecule has 0 spiro atoms. The smallest absolute Gasteiger partial charge is 0.320 e. The Bertz CT molecular complexity index is 316. The molecule has 2 heterocycles. The SMILES string of the molecule is O=C(O)CN1CCCN(C(=O)N2CCCC2)CC1. The number of carboxylic acid groups (broad SMARTS) is 1. The molecule has 2 aliphatic rings. The van der Waals surface area contributed by atoms with Crippen molar-refractivity contribution in [2.45, 2.75) is 19.3 Å². The maximum absolute atomic E-state index is 12.2. The van der Waals surface area contributed by atoms with Gasteiger partial charge < -0.3 is 14.9 Å². The van der Waals surface area contributed by atoms with E-state index in [1.165, 1.54) is 0 Å². The molecule has 0 aliphatic carbocycles. The quantitative estimate of drug-likeness (QED) is 0.770. The average Bonchev–Trinajstić information content (AvgIpc) is 2.76. The van der Waals surface area contributed by atoms with E-state index in [0.717, 1.165) is 45.4 Å². The first-order valence-electron chi connectivity index (χ1n) is 6.65. The molecule has 6 heteroatoms. The van der Waals surface area contributed by atoms with Gasteiger partial charge in [-0.25, -0.2) is 4.79 Å². The molecule has 0 radical (unpaired) electrons. The van der Waals surface area contributed by atoms with Gasteiger partial charge in [0.25, 0.3) is 0 Å². The van der Waals surface area contributed by atoms with Crippen molar-refractivity contribution < 1.29 is 14.7 Å². The largest absolute Gasteiger partial charge is 0.480 e. The molecular weight excluding hydrogens is 234 g/mol. The summed E-state index contributed by atoms with van der Waals surface area (Å²) in [7, 11) is 0. The minimum atomic E-state index is -0.797. The second-order valence-electron chi connectivity index (χ2n) is 4.99. The molecule has 2 fully saturated rings. The van der Waals surface area contributed by atoms with Crippen molar-refractivity contribution in [1.82, 2.24) is 14.7 Å². The number of amides is 2. The molecule has 0 atom stereocenters. The number of nitrogens with zero attached hydrogens (tertiary/aromatic N) is 3. The zero-order valence-corrected chi connectivity index (χ0v) is 10.7. The Hall–Kier alpha value is -1.30. The molecule has 6 nitrogen and oxygen atoms in total. The van der Waals surface area contributed by atoms with Crippen LogP contribution in [0.4, 0.5) is 4.79 Å². The van der Waals surface area contributed by atoms with E-state index < -0.39 is 5.97 Å². The van der Waals surface area contributed by atoms with Gasteiger partial charge in [-0.15, -0.1) is 0 Å². The highest BCUT2D eigenvalue weighted by atomic mass is 16.4. The van der Waals surface area contributed by atoms with Crippen LogP contribution in [-0.4, -0.2) is 77.6 Å². The fourth-order valence-corrected chi connectivity index (χ4v) is 2.62. The number of carboxylic acids is 1. The lowest BCUT2D eigenvalue weighted by Gasteiger charge is -2.26. The van der Waals surface area contributed by atoms with Crippen molar-refractivity contribution in [1.29, 1.82) is 0 Å². The normalized spacial score (nSPS) is 22.0. The molecule has 0 saturated carbocycles. The predicted octanol–water partition coefficient (Wildman–Crippen LogP) is 0.294. The number of hydrogen-bond acceptors (Lipinski definition) is 3. The Morgan fingerprint density at radius 1 is 0.833 bits per heavy atom. The van der Waals surface area contributed by atoms with E-state index in [1.54, 1.807) is 0 Å². The van der Waals surface area contributed by atoms with E-state index in [2.05, 4.69) is 0 Å². The summed E-state index contributed by atoms with van der Waals surface area (Å²) in [4.78, 5) is 28.6. The van der Waals surface area contributed by atoms with Crippen LogP contribution in [0, 0.1) is 0 Å². The second-order valence-corrected chi connectivity index (χ2v) is 4.99. The van der Waals surface area contributed by atoms with Gasteiger partial charge in [-0.05, 0) is 19.3 Å². The molecule has 2 amide bonds. The molecular formula is C12H21N3O3. The Kier molecular flexibility index (Phi) is 4.41. The van der Waals surface area contributed by atoms with E-state index >= 15 is 0 Å². The minimum Gasteiger partial charge on any atom is -0.480 e. The molecule has 0 bridgehead atoms. The predicted molar refractivity (Wildman–Crippen MR) is 66.5 cm³/mol. The minimum absolute atomic E-state index is 0.0751. The maximum Gasteiger partial charge on any atom is 0.320 e. The van der Waals surface area contributed by atoms with Crippen LogP contribution >= 0.6 is 0 Å². The molecule has 102 valence electrons. The zero-order valence-electron chi connectivity index (χ0n) is 10.7. The number of aliphatic carboxylic acids is 1. The number of hydrogen-bond donors (Lipinski definition) is 1. The topological polar surface area (TPSA) is 64.1 Å². The summed E-state index contributed by atoms with van der Waals surface area (Å²) in [5, 5.41) is 8.77. The monoisotopic (exact) mass is 255 g/mol. The van der Waals surface area contributed by atoms with Crippen LogP contribution < -0.4 is 0 Å². The molecule has 0 unspecified atom stereocenters. The molecule has 0 aromatic carbocycles. The average molecular weight is 255 g/mol. The van der Waals surface area contributed by atoms with Gasteiger partial charge in [0.1, 0.15) is 0 Å². The maximum atomic E-state index is 12.2. The molecule has 18 heavy (non-hydrogen) atoms. The Morgan fingerprint density at radius 3 is 2.11 bits per heavy atom. The van der Waals surface area contributed by atoms with Gasteiger partial charge in [0.15, 0.2) is 0 Å². The number of likely N-dealkylation sites (tertiary alicyclic amines) is 1. The summed E-state index contributed by atoms with van der Waals surface area (Å²) < 4.78 is 0. The van der Waals surface area contributed by atoms with Crippen LogP contribution in [0.25, 0.3) is 0 Å². The summed E-state index contributed by atoms with van der Waals surface area (Å²) in [5.41, 5.74) is 0. The summed E-state index contributed by atoms with van der Waals surface area (Å²) in [6, 6.07) is 0.129. The van der Waals surface area contributed by atoms with Gasteiger partial charge >= 0.3 is 12.0 Å². The summed E-state index contributed by atoms with van der Waals surface area (Å²) >= 11 is 0. The Morgan fingerprint density at radius 2 is 1.44 bits per heavy atom. The van der Waals surface area contributed by atoms with E-state index in [4.69, 9.17) is 5.11 Å². The summed E-state index contributed by atoms with van der Waals surface area (Å²) in [6.45, 7) is 4.62. The van der Waals surface area contributed by atoms with Crippen LogP contribution in [0.2, 0.25) is 0 Å². The van der Waals surface area contributed by atoms with Gasteiger partial charge in [0.2, 0.25) is 0 Å². The Labute approximate surface area is 107 Å². The van der Waals surface area contributed by atoms with Crippen molar-refractivity contribution in [2.75, 3.05) is 45.8 Å². The third-order valence-corrected chi connectivity index (χ3v) is 3.59. The highest BCUT2D eigenvalue weighted by Gasteiger charge is 2.25. The van der Waals surface area contributed by atoms with Crippen molar-refractivity contribution in [3.8, 4) is 0 Å². The highest BCUT2D eigenvalue weighted by molar-refractivity contribution is 5.74. The number of carbonyl (C=O) groups excluding carboxylic acids is 1. The zero-order chi connectivity index (χ0) is 13.0. The number of rotatable bonds is 2. The first kappa shape index (κ1) is 13.1. The molecule has 2 aliphatic heterocycles. The lowest BCUT2D eigenvalue weighted by molar-refractivity contribution is -0.138. The van der Waals surface area contributed by atoms with Crippen molar-refractivity contribution in [2.24, 2.45) is 0 Å². The standard InChI is InChI=1S/C12H21N3O3/c16-11(17)10-13-4-3-7-15(9-8-13)12(18)14-5-1-2-6-14/h1-10H2,(H,16,17). The lowest BCUT2D eigenvalue weighted by atomic mass is 10.4. The second kappa shape index (κ2) is 6.04. The van der Waals surface area contributed by atoms with Crippen LogP contribution in [0.15, 0.2) is 0 Å². The van der Waals surface area contributed by atoms with Gasteiger partial charge in [0, 0.05) is 39.3 Å². The Balaban J connectivity index is 1.84. The molecule has 1 N–H and O–H groups in total. The van der Waals surface area contributed by atoms with E-state index in [0.29, 0.717) is 13.1 Å². The van der Waals surface area contributed by atoms with Gasteiger partial charge in [-0.1, -0.05) is 0 Å². The molecule has 0 aromatic rings. The van der Waals surface area contributed by atoms with Gasteiger partial charge in [0.05, 0.1) is 6.54 Å². The van der Waals surface area contributed by atoms with Crippen LogP contribution in [0.5, 0.6) is 0 Å². The van der Waals surface area contributed by atoms with E-state index in [1.807, 2.05) is 14.7 Å². The number of carbonyl (C=O) groups is 2.